The summed E-state index contributed by atoms with van der Waals surface area (Å²) in [4.78, 5) is 34.5. The van der Waals surface area contributed by atoms with E-state index in [1.807, 2.05) is 4.90 Å². The van der Waals surface area contributed by atoms with Crippen LogP contribution in [0.4, 0.5) is 0 Å². The summed E-state index contributed by atoms with van der Waals surface area (Å²) in [6.07, 6.45) is 6.67. The van der Waals surface area contributed by atoms with E-state index in [1.54, 1.807) is 18.2 Å². The van der Waals surface area contributed by atoms with Crippen molar-refractivity contribution in [3.63, 3.8) is 0 Å². The predicted molar refractivity (Wildman–Crippen MR) is 107 cm³/mol. The molecule has 5 nitrogen and oxygen atoms in total. The van der Waals surface area contributed by atoms with Gasteiger partial charge in [-0.15, -0.1) is 0 Å². The summed E-state index contributed by atoms with van der Waals surface area (Å²) < 4.78 is 0. The highest BCUT2D eigenvalue weighted by atomic mass is 35.5. The lowest BCUT2D eigenvalue weighted by atomic mass is 9.86. The lowest BCUT2D eigenvalue weighted by Crippen LogP contribution is -2.34. The van der Waals surface area contributed by atoms with Crippen molar-refractivity contribution in [1.82, 2.24) is 14.9 Å². The van der Waals surface area contributed by atoms with Gasteiger partial charge >= 0.3 is 0 Å². The van der Waals surface area contributed by atoms with E-state index in [-0.39, 0.29) is 11.5 Å². The number of carbonyl (C=O) groups is 1. The number of H-pyrrole nitrogens is 1. The van der Waals surface area contributed by atoms with Crippen LogP contribution < -0.4 is 5.56 Å². The van der Waals surface area contributed by atoms with Gasteiger partial charge in [0, 0.05) is 18.0 Å². The summed E-state index contributed by atoms with van der Waals surface area (Å²) in [6.45, 7) is 3.08. The summed E-state index contributed by atoms with van der Waals surface area (Å²) in [5.41, 5.74) is 0.377. The molecule has 1 amide bonds. The lowest BCUT2D eigenvalue weighted by Gasteiger charge is -2.26. The Morgan fingerprint density at radius 1 is 1.33 bits per heavy atom. The zero-order valence-electron chi connectivity index (χ0n) is 15.7. The maximum atomic E-state index is 13.0. The molecule has 144 valence electrons. The number of rotatable bonds is 6. The number of benzene rings is 1. The molecule has 4 rings (SSSR count). The molecule has 2 aliphatic carbocycles. The molecule has 1 aromatic heterocycles. The smallest absolute Gasteiger partial charge is 0.258 e. The monoisotopic (exact) mass is 387 g/mol. The molecule has 2 bridgehead atoms. The molecule has 0 saturated heterocycles. The van der Waals surface area contributed by atoms with Gasteiger partial charge in [0.25, 0.3) is 5.56 Å². The van der Waals surface area contributed by atoms with Crippen LogP contribution in [-0.2, 0) is 11.3 Å². The third-order valence-corrected chi connectivity index (χ3v) is 6.46. The highest BCUT2D eigenvalue weighted by molar-refractivity contribution is 6.31. The molecule has 1 N–H and O–H groups in total. The molecule has 3 atom stereocenters. The Morgan fingerprint density at radius 2 is 2.19 bits per heavy atom. The van der Waals surface area contributed by atoms with Crippen molar-refractivity contribution in [2.24, 2.45) is 17.8 Å². The van der Waals surface area contributed by atoms with E-state index < -0.39 is 0 Å². The van der Waals surface area contributed by atoms with Crippen molar-refractivity contribution in [3.05, 3.63) is 39.4 Å². The minimum atomic E-state index is -0.191. The van der Waals surface area contributed by atoms with Crippen LogP contribution in [0.5, 0.6) is 0 Å². The molecule has 0 spiro atoms. The Morgan fingerprint density at radius 3 is 2.89 bits per heavy atom. The number of aromatic amines is 1. The van der Waals surface area contributed by atoms with Crippen molar-refractivity contribution in [2.75, 3.05) is 6.54 Å². The van der Waals surface area contributed by atoms with Crippen molar-refractivity contribution in [1.29, 1.82) is 0 Å². The summed E-state index contributed by atoms with van der Waals surface area (Å²) in [5.74, 6) is 2.82. The highest BCUT2D eigenvalue weighted by Crippen LogP contribution is 2.49. The van der Waals surface area contributed by atoms with E-state index in [0.717, 1.165) is 18.3 Å². The zero-order valence-corrected chi connectivity index (χ0v) is 16.5. The minimum Gasteiger partial charge on any atom is -0.335 e. The SMILES string of the molecule is CCCN(Cc1nc2cc(Cl)ccc2c(=O)[nH]1)C(=O)C[C@@H]1C[C@H]2CC[C@H]1C2. The first-order chi connectivity index (χ1) is 13.0. The van der Waals surface area contributed by atoms with Gasteiger partial charge in [0.1, 0.15) is 5.82 Å². The van der Waals surface area contributed by atoms with Crippen LogP contribution in [0, 0.1) is 17.8 Å². The standard InChI is InChI=1S/C21H26ClN3O2/c1-2-7-25(20(26)10-15-9-13-3-4-14(15)8-13)12-19-23-18-11-16(22)5-6-17(18)21(27)24-19/h5-6,11,13-15H,2-4,7-10,12H2,1H3,(H,23,24,27)/t13-,14-,15-/m0/s1. The quantitative estimate of drug-likeness (QED) is 0.809. The normalized spacial score (nSPS) is 23.9. The number of fused-ring (bicyclic) bond motifs is 3. The first kappa shape index (κ1) is 18.5. The van der Waals surface area contributed by atoms with E-state index in [4.69, 9.17) is 11.6 Å². The number of hydrogen-bond acceptors (Lipinski definition) is 3. The second kappa shape index (κ2) is 7.63. The van der Waals surface area contributed by atoms with Crippen molar-refractivity contribution in [2.45, 2.75) is 52.0 Å². The van der Waals surface area contributed by atoms with Crippen LogP contribution in [0.25, 0.3) is 10.9 Å². The van der Waals surface area contributed by atoms with Crippen LogP contribution >= 0.6 is 11.6 Å². The molecule has 6 heteroatoms. The van der Waals surface area contributed by atoms with Crippen molar-refractivity contribution in [3.8, 4) is 0 Å². The fraction of sp³-hybridized carbons (Fsp3) is 0.571. The van der Waals surface area contributed by atoms with Crippen molar-refractivity contribution >= 4 is 28.4 Å². The Bertz CT molecular complexity index is 910. The second-order valence-electron chi connectivity index (χ2n) is 8.13. The van der Waals surface area contributed by atoms with Crippen LogP contribution in [0.1, 0.15) is 51.3 Å². The van der Waals surface area contributed by atoms with Gasteiger partial charge in [-0.3, -0.25) is 9.59 Å². The van der Waals surface area contributed by atoms with Crippen molar-refractivity contribution < 1.29 is 4.79 Å². The summed E-state index contributed by atoms with van der Waals surface area (Å²) in [5, 5.41) is 1.06. The molecule has 0 radical (unpaired) electrons. The third kappa shape index (κ3) is 3.88. The van der Waals surface area contributed by atoms with Gasteiger partial charge in [-0.2, -0.15) is 0 Å². The van der Waals surface area contributed by atoms with E-state index >= 15 is 0 Å². The van der Waals surface area contributed by atoms with E-state index in [2.05, 4.69) is 16.9 Å². The Kier molecular flexibility index (Phi) is 5.22. The Hall–Kier alpha value is -1.88. The van der Waals surface area contributed by atoms with E-state index in [9.17, 15) is 9.59 Å². The average Bonchev–Trinajstić information content (AvgIpc) is 3.24. The van der Waals surface area contributed by atoms with Gasteiger partial charge in [0.15, 0.2) is 0 Å². The average molecular weight is 388 g/mol. The fourth-order valence-electron chi connectivity index (χ4n) is 4.96. The first-order valence-corrected chi connectivity index (χ1v) is 10.4. The fourth-order valence-corrected chi connectivity index (χ4v) is 5.12. The number of aromatic nitrogens is 2. The largest absolute Gasteiger partial charge is 0.335 e. The second-order valence-corrected chi connectivity index (χ2v) is 8.56. The van der Waals surface area contributed by atoms with Gasteiger partial charge < -0.3 is 9.88 Å². The number of nitrogens with one attached hydrogen (secondary N) is 1. The third-order valence-electron chi connectivity index (χ3n) is 6.23. The number of nitrogens with zero attached hydrogens (tertiary/aromatic N) is 2. The molecular formula is C21H26ClN3O2. The number of halogens is 1. The van der Waals surface area contributed by atoms with E-state index in [0.29, 0.717) is 47.2 Å². The molecule has 2 fully saturated rings. The maximum absolute atomic E-state index is 13.0. The van der Waals surface area contributed by atoms with Gasteiger partial charge in [0.2, 0.25) is 5.91 Å². The summed E-state index contributed by atoms with van der Waals surface area (Å²) in [7, 11) is 0. The topological polar surface area (TPSA) is 66.1 Å². The van der Waals surface area contributed by atoms with Gasteiger partial charge in [-0.05, 0) is 61.6 Å². The van der Waals surface area contributed by atoms with Crippen LogP contribution in [-0.4, -0.2) is 27.3 Å². The molecule has 2 aromatic rings. The number of hydrogen-bond donors (Lipinski definition) is 1. The molecular weight excluding hydrogens is 362 g/mol. The Labute approximate surface area is 164 Å². The predicted octanol–water partition coefficient (Wildman–Crippen LogP) is 4.14. The minimum absolute atomic E-state index is 0.184. The number of carbonyl (C=O) groups excluding carboxylic acids is 1. The van der Waals surface area contributed by atoms with E-state index in [1.165, 1.54) is 25.7 Å². The first-order valence-electron chi connectivity index (χ1n) is 9.99. The Balaban J connectivity index is 1.51. The molecule has 0 aliphatic heterocycles. The van der Waals surface area contributed by atoms with Crippen LogP contribution in [0.2, 0.25) is 5.02 Å². The van der Waals surface area contributed by atoms with Crippen LogP contribution in [0.15, 0.2) is 23.0 Å². The van der Waals surface area contributed by atoms with Gasteiger partial charge in [-0.1, -0.05) is 24.9 Å². The molecule has 2 saturated carbocycles. The summed E-state index contributed by atoms with van der Waals surface area (Å²) >= 11 is 6.04. The van der Waals surface area contributed by atoms with Gasteiger partial charge in [-0.25, -0.2) is 4.98 Å². The summed E-state index contributed by atoms with van der Waals surface area (Å²) in [6, 6.07) is 5.05. The van der Waals surface area contributed by atoms with Crippen LogP contribution in [0.3, 0.4) is 0 Å². The molecule has 1 aromatic carbocycles. The molecule has 1 heterocycles. The zero-order chi connectivity index (χ0) is 19.0. The number of amides is 1. The molecule has 27 heavy (non-hydrogen) atoms. The van der Waals surface area contributed by atoms with Gasteiger partial charge in [0.05, 0.1) is 17.4 Å². The lowest BCUT2D eigenvalue weighted by molar-refractivity contribution is -0.133. The molecule has 2 aliphatic rings. The highest BCUT2D eigenvalue weighted by Gasteiger charge is 2.40. The molecule has 0 unspecified atom stereocenters. The maximum Gasteiger partial charge on any atom is 0.258 e.